The Morgan fingerprint density at radius 2 is 1.97 bits per heavy atom. The predicted octanol–water partition coefficient (Wildman–Crippen LogP) is 3.92. The van der Waals surface area contributed by atoms with Gasteiger partial charge in [-0.2, -0.15) is 4.37 Å². The molecule has 0 aliphatic carbocycles. The van der Waals surface area contributed by atoms with Crippen molar-refractivity contribution in [3.05, 3.63) is 52.8 Å². The molecule has 0 aliphatic rings. The number of rotatable bonds is 8. The van der Waals surface area contributed by atoms with E-state index in [1.807, 2.05) is 0 Å². The SMILES string of the molecule is CNc1cc(F)c(S(=O)(=O)N(Cc2ccc(OC)cc2OC)c2ncns2)c(F)c1Cl. The molecule has 13 heteroatoms. The van der Waals surface area contributed by atoms with E-state index in [1.165, 1.54) is 21.3 Å². The third-order valence-corrected chi connectivity index (χ3v) is 7.25. The van der Waals surface area contributed by atoms with Gasteiger partial charge in [0.1, 0.15) is 28.7 Å². The van der Waals surface area contributed by atoms with Gasteiger partial charge in [-0.25, -0.2) is 26.5 Å². The highest BCUT2D eigenvalue weighted by Gasteiger charge is 2.35. The second-order valence-electron chi connectivity index (χ2n) is 6.03. The largest absolute Gasteiger partial charge is 0.497 e. The molecule has 166 valence electrons. The number of aromatic nitrogens is 2. The summed E-state index contributed by atoms with van der Waals surface area (Å²) in [6.07, 6.45) is 1.14. The van der Waals surface area contributed by atoms with Gasteiger partial charge in [0, 0.05) is 36.3 Å². The third-order valence-electron chi connectivity index (χ3n) is 4.31. The van der Waals surface area contributed by atoms with E-state index in [4.69, 9.17) is 21.1 Å². The van der Waals surface area contributed by atoms with E-state index < -0.39 is 31.6 Å². The molecule has 0 unspecified atom stereocenters. The Morgan fingerprint density at radius 3 is 2.55 bits per heavy atom. The van der Waals surface area contributed by atoms with Crippen LogP contribution in [0.5, 0.6) is 11.5 Å². The molecular formula is C18H17ClF2N4O4S2. The maximum absolute atomic E-state index is 14.9. The lowest BCUT2D eigenvalue weighted by molar-refractivity contribution is 0.391. The van der Waals surface area contributed by atoms with E-state index in [9.17, 15) is 17.2 Å². The molecule has 0 fully saturated rings. The summed E-state index contributed by atoms with van der Waals surface area (Å²) in [6.45, 7) is -0.338. The van der Waals surface area contributed by atoms with Crippen LogP contribution in [-0.2, 0) is 16.6 Å². The normalized spacial score (nSPS) is 11.3. The lowest BCUT2D eigenvalue weighted by Crippen LogP contribution is -2.32. The van der Waals surface area contributed by atoms with Crippen molar-refractivity contribution in [2.45, 2.75) is 11.4 Å². The van der Waals surface area contributed by atoms with Crippen LogP contribution in [0, 0.1) is 11.6 Å². The van der Waals surface area contributed by atoms with Crippen molar-refractivity contribution in [1.82, 2.24) is 9.36 Å². The molecule has 1 heterocycles. The first kappa shape index (κ1) is 23.0. The van der Waals surface area contributed by atoms with Crippen LogP contribution >= 0.6 is 23.1 Å². The summed E-state index contributed by atoms with van der Waals surface area (Å²) < 4.78 is 71.4. The van der Waals surface area contributed by atoms with Crippen LogP contribution in [0.25, 0.3) is 0 Å². The fraction of sp³-hybridized carbons (Fsp3) is 0.222. The van der Waals surface area contributed by atoms with Crippen molar-refractivity contribution in [3.63, 3.8) is 0 Å². The Kier molecular flexibility index (Phi) is 6.82. The Hall–Kier alpha value is -2.70. The second-order valence-corrected chi connectivity index (χ2v) is 8.96. The van der Waals surface area contributed by atoms with Crippen molar-refractivity contribution in [1.29, 1.82) is 0 Å². The van der Waals surface area contributed by atoms with Gasteiger partial charge in [-0.3, -0.25) is 0 Å². The van der Waals surface area contributed by atoms with E-state index in [2.05, 4.69) is 14.7 Å². The summed E-state index contributed by atoms with van der Waals surface area (Å²) in [5.41, 5.74) is 0.315. The van der Waals surface area contributed by atoms with E-state index in [0.717, 1.165) is 28.2 Å². The second kappa shape index (κ2) is 9.20. The van der Waals surface area contributed by atoms with Crippen LogP contribution in [0.4, 0.5) is 19.6 Å². The average Bonchev–Trinajstić information content (AvgIpc) is 3.28. The molecular weight excluding hydrogens is 474 g/mol. The summed E-state index contributed by atoms with van der Waals surface area (Å²) in [7, 11) is -0.510. The van der Waals surface area contributed by atoms with Gasteiger partial charge in [0.05, 0.1) is 26.5 Å². The topological polar surface area (TPSA) is 93.7 Å². The number of sulfonamides is 1. The molecule has 0 aliphatic heterocycles. The molecule has 0 spiro atoms. The number of hydrogen-bond donors (Lipinski definition) is 1. The standard InChI is InChI=1S/C18H17ClF2N4O4S2/c1-22-13-7-12(20)17(16(21)15(13)19)31(26,27)25(18-23-9-24-30-18)8-10-4-5-11(28-2)6-14(10)29-3/h4-7,9,22H,8H2,1-3H3. The molecule has 0 bridgehead atoms. The molecule has 0 radical (unpaired) electrons. The lowest BCUT2D eigenvalue weighted by atomic mass is 10.2. The molecule has 0 saturated carbocycles. The molecule has 3 rings (SSSR count). The molecule has 0 amide bonds. The summed E-state index contributed by atoms with van der Waals surface area (Å²) in [5.74, 6) is -1.92. The van der Waals surface area contributed by atoms with Crippen molar-refractivity contribution in [2.75, 3.05) is 30.9 Å². The molecule has 0 saturated heterocycles. The van der Waals surface area contributed by atoms with Gasteiger partial charge < -0.3 is 14.8 Å². The van der Waals surface area contributed by atoms with Gasteiger partial charge in [-0.15, -0.1) is 0 Å². The minimum Gasteiger partial charge on any atom is -0.497 e. The van der Waals surface area contributed by atoms with Crippen LogP contribution < -0.4 is 19.1 Å². The fourth-order valence-electron chi connectivity index (χ4n) is 2.78. The number of benzene rings is 2. The molecule has 0 atom stereocenters. The quantitative estimate of drug-likeness (QED) is 0.478. The first-order valence-corrected chi connectivity index (χ1v) is 11.2. The van der Waals surface area contributed by atoms with Gasteiger partial charge in [0.15, 0.2) is 10.7 Å². The third kappa shape index (κ3) is 4.36. The molecule has 1 N–H and O–H groups in total. The van der Waals surface area contributed by atoms with Gasteiger partial charge in [-0.1, -0.05) is 11.6 Å². The number of ether oxygens (including phenoxy) is 2. The van der Waals surface area contributed by atoms with Crippen LogP contribution in [-0.4, -0.2) is 39.0 Å². The molecule has 8 nitrogen and oxygen atoms in total. The van der Waals surface area contributed by atoms with Crippen molar-refractivity contribution in [3.8, 4) is 11.5 Å². The van der Waals surface area contributed by atoms with Gasteiger partial charge in [0.2, 0.25) is 5.13 Å². The van der Waals surface area contributed by atoms with Crippen LogP contribution in [0.15, 0.2) is 35.5 Å². The summed E-state index contributed by atoms with van der Waals surface area (Å²) >= 11 is 6.65. The van der Waals surface area contributed by atoms with Crippen LogP contribution in [0.1, 0.15) is 5.56 Å². The number of nitrogens with zero attached hydrogens (tertiary/aromatic N) is 3. The van der Waals surface area contributed by atoms with Crippen LogP contribution in [0.2, 0.25) is 5.02 Å². The minimum absolute atomic E-state index is 0.0881. The smallest absolute Gasteiger partial charge is 0.272 e. The zero-order chi connectivity index (χ0) is 22.8. The highest BCUT2D eigenvalue weighted by molar-refractivity contribution is 7.93. The minimum atomic E-state index is -4.78. The monoisotopic (exact) mass is 490 g/mol. The van der Waals surface area contributed by atoms with Gasteiger partial charge in [0.25, 0.3) is 10.0 Å². The van der Waals surface area contributed by atoms with E-state index >= 15 is 0 Å². The first-order valence-electron chi connectivity index (χ1n) is 8.60. The van der Waals surface area contributed by atoms with Crippen molar-refractivity contribution < 1.29 is 26.7 Å². The van der Waals surface area contributed by atoms with Crippen molar-refractivity contribution in [2.24, 2.45) is 0 Å². The Morgan fingerprint density at radius 1 is 1.23 bits per heavy atom. The Balaban J connectivity index is 2.16. The van der Waals surface area contributed by atoms with Gasteiger partial charge >= 0.3 is 0 Å². The zero-order valence-electron chi connectivity index (χ0n) is 16.5. The maximum Gasteiger partial charge on any atom is 0.272 e. The van der Waals surface area contributed by atoms with E-state index in [1.54, 1.807) is 18.2 Å². The van der Waals surface area contributed by atoms with E-state index in [-0.39, 0.29) is 17.4 Å². The lowest BCUT2D eigenvalue weighted by Gasteiger charge is -2.23. The Labute approximate surface area is 186 Å². The average molecular weight is 491 g/mol. The first-order chi connectivity index (χ1) is 14.7. The highest BCUT2D eigenvalue weighted by Crippen LogP contribution is 2.37. The highest BCUT2D eigenvalue weighted by atomic mass is 35.5. The van der Waals surface area contributed by atoms with Gasteiger partial charge in [-0.05, 0) is 12.1 Å². The number of anilines is 2. The van der Waals surface area contributed by atoms with E-state index in [0.29, 0.717) is 17.1 Å². The fourth-order valence-corrected chi connectivity index (χ4v) is 5.33. The molecule has 1 aromatic heterocycles. The zero-order valence-corrected chi connectivity index (χ0v) is 18.9. The Bertz CT molecular complexity index is 1190. The van der Waals surface area contributed by atoms with Crippen LogP contribution in [0.3, 0.4) is 0 Å². The number of halogens is 3. The summed E-state index contributed by atoms with van der Waals surface area (Å²) in [4.78, 5) is 2.71. The molecule has 31 heavy (non-hydrogen) atoms. The summed E-state index contributed by atoms with van der Waals surface area (Å²) in [5, 5.41) is 1.86. The van der Waals surface area contributed by atoms with Crippen molar-refractivity contribution >= 4 is 44.0 Å². The number of hydrogen-bond acceptors (Lipinski definition) is 8. The predicted molar refractivity (Wildman–Crippen MR) is 114 cm³/mol. The number of methoxy groups -OCH3 is 2. The molecule has 2 aromatic carbocycles. The number of nitrogens with one attached hydrogen (secondary N) is 1. The maximum atomic E-state index is 14.9. The molecule has 3 aromatic rings. The summed E-state index contributed by atoms with van der Waals surface area (Å²) in [6, 6.07) is 5.54.